The molecule has 12 bridgehead atoms. The average molecular weight is 1220 g/mol. The summed E-state index contributed by atoms with van der Waals surface area (Å²) in [5, 5.41) is 4.38. The Labute approximate surface area is 545 Å². The molecule has 1 N–H and O–H groups in total. The summed E-state index contributed by atoms with van der Waals surface area (Å²) >= 11 is 3.74. The molecule has 0 atom stereocenters. The lowest BCUT2D eigenvalue weighted by atomic mass is 9.29. The molecule has 0 amide bonds. The zero-order valence-corrected chi connectivity index (χ0v) is 54.0. The molecule has 6 heterocycles. The van der Waals surface area contributed by atoms with E-state index in [4.69, 9.17) is 9.47 Å². The van der Waals surface area contributed by atoms with E-state index >= 15 is 0 Å². The van der Waals surface area contributed by atoms with Crippen LogP contribution in [0.3, 0.4) is 0 Å². The van der Waals surface area contributed by atoms with Crippen molar-refractivity contribution in [3.8, 4) is 23.0 Å². The number of para-hydroxylation sites is 3. The quantitative estimate of drug-likeness (QED) is 0.130. The highest BCUT2D eigenvalue weighted by Gasteiger charge is 2.58. The summed E-state index contributed by atoms with van der Waals surface area (Å²) < 4.78 is 20.4. The van der Waals surface area contributed by atoms with Crippen LogP contribution in [0.2, 0.25) is 0 Å². The first-order valence-electron chi connectivity index (χ1n) is 35.5. The van der Waals surface area contributed by atoms with E-state index in [-0.39, 0.29) is 36.4 Å². The zero-order chi connectivity index (χ0) is 59.1. The maximum absolute atomic E-state index is 7.86. The highest BCUT2D eigenvalue weighted by atomic mass is 32.2. The number of ether oxygens (including phenoxy) is 2. The Morgan fingerprint density at radius 3 is 1.34 bits per heavy atom. The van der Waals surface area contributed by atoms with Gasteiger partial charge in [-0.05, 0) is 342 Å². The number of nitrogens with one attached hydrogen (secondary N) is 1. The van der Waals surface area contributed by atoms with Gasteiger partial charge < -0.3 is 19.7 Å². The lowest BCUT2D eigenvalue weighted by Gasteiger charge is -2.57. The van der Waals surface area contributed by atoms with Crippen LogP contribution < -0.4 is 77.5 Å². The molecule has 26 rings (SSSR count). The molecule has 0 spiro atoms. The second-order valence-corrected chi connectivity index (χ2v) is 34.1. The molecule has 12 fully saturated rings. The first-order valence-corrected chi connectivity index (χ1v) is 37.8. The Bertz CT molecular complexity index is 4480. The van der Waals surface area contributed by atoms with Gasteiger partial charge in [-0.15, -0.1) is 0 Å². The Balaban J connectivity index is 0.746. The van der Waals surface area contributed by atoms with Crippen LogP contribution in [0.25, 0.3) is 0 Å². The van der Waals surface area contributed by atoms with Gasteiger partial charge in [-0.2, -0.15) is 0 Å². The van der Waals surface area contributed by atoms with Gasteiger partial charge >= 0.3 is 0 Å². The standard InChI is InChI=1S/C80H75B3N4O2S2/c1-90-86-66-33-63-59(81-57-12-6-8-14-65(57)85(56-10-4-3-5-11-56)68-26-53(25-64(84-63)75(68)81)78-35-44-16-45(36-78)18-46(17-44)37-78)31-60(66)83-62-32-61-67(34-72(62)89-74-30-55(28-70(86)77(74)83)80-41-50-22-51(42-80)24-52(23-50)43-80)87(91-2)69-27-54(79-38-47-19-48(39-79)21-49(20-47)40-79)29-73-76(69)82(61)58-13-7-9-15-71(58)88-73/h3-15,25-34,44-52,84H,16-24,35-43H2,1-2H3. The molecule has 8 aromatic carbocycles. The molecule has 18 aliphatic rings. The van der Waals surface area contributed by atoms with Crippen LogP contribution in [0.5, 0.6) is 23.0 Å². The minimum Gasteiger partial charge on any atom is -0.458 e. The van der Waals surface area contributed by atoms with E-state index in [0.29, 0.717) is 0 Å². The highest BCUT2D eigenvalue weighted by Crippen LogP contribution is 2.65. The molecule has 8 aromatic rings. The summed E-state index contributed by atoms with van der Waals surface area (Å²) in [6.07, 6.45) is 29.5. The fraction of sp³-hybridized carbons (Fsp3) is 0.400. The number of hydrogen-bond donors (Lipinski definition) is 1. The third-order valence-electron chi connectivity index (χ3n) is 27.7. The van der Waals surface area contributed by atoms with Crippen molar-refractivity contribution in [3.05, 3.63) is 156 Å². The summed E-state index contributed by atoms with van der Waals surface area (Å²) in [7, 11) is 0. The van der Waals surface area contributed by atoms with E-state index in [9.17, 15) is 0 Å². The summed E-state index contributed by atoms with van der Waals surface area (Å²) in [6.45, 7) is -0.0270. The minimum absolute atomic E-state index is 0.00595. The van der Waals surface area contributed by atoms with Gasteiger partial charge in [0.1, 0.15) is 23.0 Å². The monoisotopic (exact) mass is 1220 g/mol. The van der Waals surface area contributed by atoms with Crippen LogP contribution in [-0.4, -0.2) is 32.6 Å². The highest BCUT2D eigenvalue weighted by molar-refractivity contribution is 8.00. The van der Waals surface area contributed by atoms with Crippen LogP contribution in [0.15, 0.2) is 140 Å². The van der Waals surface area contributed by atoms with Crippen LogP contribution in [0, 0.1) is 53.3 Å². The number of benzene rings is 8. The predicted octanol–water partition coefficient (Wildman–Crippen LogP) is 14.1. The van der Waals surface area contributed by atoms with Gasteiger partial charge in [-0.1, -0.05) is 66.7 Å². The zero-order valence-electron chi connectivity index (χ0n) is 52.4. The van der Waals surface area contributed by atoms with Gasteiger partial charge in [-0.3, -0.25) is 8.61 Å². The third kappa shape index (κ3) is 6.94. The fourth-order valence-electron chi connectivity index (χ4n) is 25.8. The molecule has 0 saturated heterocycles. The number of rotatable bonds is 6. The lowest BCUT2D eigenvalue weighted by molar-refractivity contribution is -0.00533. The maximum atomic E-state index is 7.86. The number of fused-ring (bicyclic) bond motifs is 12. The molecule has 6 aliphatic heterocycles. The van der Waals surface area contributed by atoms with Gasteiger partial charge in [0.25, 0.3) is 20.1 Å². The Morgan fingerprint density at radius 2 is 0.791 bits per heavy atom. The van der Waals surface area contributed by atoms with Crippen LogP contribution in [0.1, 0.15) is 132 Å². The SMILES string of the molecule is CSN1c2cc3c(cc2B2c4cc5c(cc4Oc4cc(C67CC8CC(CC(C8)C6)C7)cc1c42)N(SC)c1cc(C24CC6CC(CC(C6)C2)C4)cc2c1B5c1ccccc1O2)B1c2ccccc2N(c2ccccc2)c2cc(C45CC6CC(CC(C6)C4)C5)cc(c21)N3. The molecular weight excluding hydrogens is 1150 g/mol. The van der Waals surface area contributed by atoms with Gasteiger partial charge in [0.05, 0.1) is 17.1 Å². The molecule has 12 saturated carbocycles. The number of nitrogens with zero attached hydrogens (tertiary/aromatic N) is 3. The Hall–Kier alpha value is -6.55. The smallest absolute Gasteiger partial charge is 0.256 e. The topological polar surface area (TPSA) is 40.2 Å². The van der Waals surface area contributed by atoms with Gasteiger partial charge in [-0.25, -0.2) is 0 Å². The predicted molar refractivity (Wildman–Crippen MR) is 382 cm³/mol. The van der Waals surface area contributed by atoms with E-state index in [2.05, 4.69) is 171 Å². The normalized spacial score (nSPS) is 32.0. The second-order valence-electron chi connectivity index (χ2n) is 32.7. The molecule has 0 unspecified atom stereocenters. The van der Waals surface area contributed by atoms with Crippen LogP contribution in [0.4, 0.5) is 51.2 Å². The number of anilines is 9. The molecular formula is C80H75B3N4O2S2. The minimum atomic E-state index is -0.0655. The molecule has 12 aliphatic carbocycles. The summed E-state index contributed by atoms with van der Waals surface area (Å²) in [5.41, 5.74) is 29.0. The molecule has 448 valence electrons. The third-order valence-corrected chi connectivity index (χ3v) is 29.3. The average Bonchev–Trinajstić information content (AvgIpc) is 0.812. The second kappa shape index (κ2) is 18.0. The molecule has 0 radical (unpaired) electrons. The Morgan fingerprint density at radius 1 is 0.352 bits per heavy atom. The molecule has 0 aromatic heterocycles. The lowest BCUT2D eigenvalue weighted by Crippen LogP contribution is -2.65. The van der Waals surface area contributed by atoms with E-state index in [1.165, 1.54) is 227 Å². The first-order chi connectivity index (χ1) is 44.7. The van der Waals surface area contributed by atoms with E-state index in [1.54, 1.807) is 5.56 Å². The molecule has 91 heavy (non-hydrogen) atoms. The van der Waals surface area contributed by atoms with E-state index in [0.717, 1.165) is 76.3 Å². The Kier molecular flexibility index (Phi) is 10.3. The summed E-state index contributed by atoms with van der Waals surface area (Å²) in [6, 6.07) is 56.2. The fourth-order valence-corrected chi connectivity index (χ4v) is 27.2. The van der Waals surface area contributed by atoms with Gasteiger partial charge in [0, 0.05) is 52.7 Å². The van der Waals surface area contributed by atoms with Crippen molar-refractivity contribution in [1.82, 2.24) is 0 Å². The van der Waals surface area contributed by atoms with Crippen molar-refractivity contribution in [2.45, 2.75) is 132 Å². The maximum Gasteiger partial charge on any atom is 0.256 e. The van der Waals surface area contributed by atoms with Crippen molar-refractivity contribution in [2.24, 2.45) is 53.3 Å². The van der Waals surface area contributed by atoms with Crippen molar-refractivity contribution >= 4 is 144 Å². The number of hydrogen-bond acceptors (Lipinski definition) is 8. The molecule has 6 nitrogen and oxygen atoms in total. The summed E-state index contributed by atoms with van der Waals surface area (Å²) in [5.74, 6) is 11.8. The molecule has 11 heteroatoms. The first kappa shape index (κ1) is 51.9. The van der Waals surface area contributed by atoms with Crippen molar-refractivity contribution < 1.29 is 9.47 Å². The van der Waals surface area contributed by atoms with Crippen LogP contribution >= 0.6 is 23.9 Å². The van der Waals surface area contributed by atoms with E-state index in [1.807, 2.05) is 23.9 Å². The largest absolute Gasteiger partial charge is 0.458 e. The van der Waals surface area contributed by atoms with E-state index < -0.39 is 0 Å². The van der Waals surface area contributed by atoms with Crippen molar-refractivity contribution in [1.29, 1.82) is 0 Å². The van der Waals surface area contributed by atoms with Gasteiger partial charge in [0.15, 0.2) is 0 Å². The van der Waals surface area contributed by atoms with Crippen molar-refractivity contribution in [3.63, 3.8) is 0 Å². The summed E-state index contributed by atoms with van der Waals surface area (Å²) in [4.78, 5) is 2.64. The van der Waals surface area contributed by atoms with Crippen molar-refractivity contribution in [2.75, 3.05) is 31.3 Å². The van der Waals surface area contributed by atoms with Gasteiger partial charge in [0.2, 0.25) is 0 Å². The van der Waals surface area contributed by atoms with Crippen LogP contribution in [-0.2, 0) is 16.2 Å².